The van der Waals surface area contributed by atoms with Gasteiger partial charge in [-0.3, -0.25) is 14.4 Å². The number of benzene rings is 2. The highest BCUT2D eigenvalue weighted by atomic mass is 32.2. The van der Waals surface area contributed by atoms with Crippen LogP contribution in [-0.2, 0) is 20.9 Å². The van der Waals surface area contributed by atoms with Crippen LogP contribution in [0, 0.1) is 11.8 Å². The van der Waals surface area contributed by atoms with E-state index in [4.69, 9.17) is 4.74 Å². The number of aliphatic hydroxyl groups excluding tert-OH is 1. The van der Waals surface area contributed by atoms with Crippen LogP contribution in [0.3, 0.4) is 0 Å². The Morgan fingerprint density at radius 1 is 0.905 bits per heavy atom. The van der Waals surface area contributed by atoms with E-state index >= 15 is 0 Å². The number of hydrogen-bond donors (Lipinski definition) is 1. The van der Waals surface area contributed by atoms with Crippen molar-refractivity contribution in [1.29, 1.82) is 0 Å². The zero-order chi connectivity index (χ0) is 29.5. The lowest BCUT2D eigenvalue weighted by Gasteiger charge is -2.37. The molecule has 0 aromatic heterocycles. The Labute approximate surface area is 251 Å². The van der Waals surface area contributed by atoms with Gasteiger partial charge < -0.3 is 24.5 Å². The Morgan fingerprint density at radius 2 is 1.64 bits per heavy atom. The second-order valence-electron chi connectivity index (χ2n) is 11.6. The van der Waals surface area contributed by atoms with Crippen LogP contribution >= 0.6 is 11.8 Å². The summed E-state index contributed by atoms with van der Waals surface area (Å²) in [5.74, 6) is -0.974. The minimum absolute atomic E-state index is 0.0142. The number of nitrogens with zero attached hydrogens (tertiary/aromatic N) is 3. The highest BCUT2D eigenvalue weighted by Gasteiger charge is 2.73. The number of amides is 3. The molecule has 1 unspecified atom stereocenters. The molecular weight excluding hydrogens is 550 g/mol. The van der Waals surface area contributed by atoms with Crippen LogP contribution in [0.5, 0.6) is 5.75 Å². The quantitative estimate of drug-likeness (QED) is 0.375. The minimum atomic E-state index is -0.899. The maximum Gasteiger partial charge on any atom is 0.251 e. The predicted molar refractivity (Wildman–Crippen MR) is 163 cm³/mol. The maximum atomic E-state index is 14.6. The van der Waals surface area contributed by atoms with E-state index in [9.17, 15) is 19.5 Å². The van der Waals surface area contributed by atoms with Gasteiger partial charge in [0.2, 0.25) is 11.8 Å². The number of likely N-dealkylation sites (tertiary alicyclic amines) is 1. The van der Waals surface area contributed by atoms with Gasteiger partial charge in [-0.2, -0.15) is 0 Å². The minimum Gasteiger partial charge on any atom is -0.497 e. The van der Waals surface area contributed by atoms with Gasteiger partial charge in [0.05, 0.1) is 23.7 Å². The van der Waals surface area contributed by atoms with Crippen LogP contribution in [-0.4, -0.2) is 81.5 Å². The van der Waals surface area contributed by atoms with E-state index in [0.29, 0.717) is 44.8 Å². The van der Waals surface area contributed by atoms with E-state index in [1.807, 2.05) is 84.6 Å². The number of unbranched alkanes of at least 4 members (excludes halogenated alkanes) is 1. The molecule has 4 aliphatic rings. The van der Waals surface area contributed by atoms with Crippen LogP contribution < -0.4 is 9.64 Å². The third-order valence-corrected chi connectivity index (χ3v) is 10.8. The summed E-state index contributed by atoms with van der Waals surface area (Å²) in [4.78, 5) is 48.7. The van der Waals surface area contributed by atoms with Crippen molar-refractivity contribution in [3.05, 3.63) is 84.5 Å². The van der Waals surface area contributed by atoms with Crippen LogP contribution in [0.4, 0.5) is 5.69 Å². The number of carbonyl (C=O) groups excluding carboxylic acids is 3. The fourth-order valence-corrected chi connectivity index (χ4v) is 9.30. The molecule has 2 aromatic carbocycles. The average molecular weight is 588 g/mol. The maximum absolute atomic E-state index is 14.6. The third-order valence-electron chi connectivity index (χ3n) is 9.05. The molecule has 8 nitrogen and oxygen atoms in total. The zero-order valence-corrected chi connectivity index (χ0v) is 24.8. The van der Waals surface area contributed by atoms with Crippen molar-refractivity contribution in [2.45, 2.75) is 41.8 Å². The molecule has 0 aliphatic carbocycles. The molecule has 42 heavy (non-hydrogen) atoms. The van der Waals surface area contributed by atoms with Crippen molar-refractivity contribution in [2.24, 2.45) is 11.8 Å². The Balaban J connectivity index is 1.40. The SMILES string of the molecule is COc1ccc(N2CC=C[C@]34S[C@@]5(C)C=CCN(Cc6ccccc6)C(=O)[C@H]5[C@H]3C(=O)N(CCCCO)C4C2=O)cc1. The molecule has 4 aliphatic heterocycles. The summed E-state index contributed by atoms with van der Waals surface area (Å²) in [5.41, 5.74) is 1.76. The lowest BCUT2D eigenvalue weighted by atomic mass is 9.74. The molecule has 9 heteroatoms. The molecular formula is C33H37N3O5S. The van der Waals surface area contributed by atoms with Gasteiger partial charge in [0.25, 0.3) is 5.91 Å². The van der Waals surface area contributed by atoms with Crippen molar-refractivity contribution < 1.29 is 24.2 Å². The molecule has 2 aromatic rings. The van der Waals surface area contributed by atoms with E-state index < -0.39 is 27.4 Å². The fourth-order valence-electron chi connectivity index (χ4n) is 7.15. The van der Waals surface area contributed by atoms with E-state index in [1.165, 1.54) is 0 Å². The molecule has 6 rings (SSSR count). The van der Waals surface area contributed by atoms with Gasteiger partial charge in [0.15, 0.2) is 0 Å². The lowest BCUT2D eigenvalue weighted by Crippen LogP contribution is -2.53. The molecule has 1 spiro atoms. The average Bonchev–Trinajstić information content (AvgIpc) is 3.26. The lowest BCUT2D eigenvalue weighted by molar-refractivity contribution is -0.144. The molecule has 220 valence electrons. The highest BCUT2D eigenvalue weighted by molar-refractivity contribution is 8.02. The van der Waals surface area contributed by atoms with Gasteiger partial charge >= 0.3 is 0 Å². The summed E-state index contributed by atoms with van der Waals surface area (Å²) in [6, 6.07) is 16.5. The summed E-state index contributed by atoms with van der Waals surface area (Å²) < 4.78 is 3.76. The number of methoxy groups -OCH3 is 1. The molecule has 2 saturated heterocycles. The Morgan fingerprint density at radius 3 is 2.36 bits per heavy atom. The van der Waals surface area contributed by atoms with Crippen LogP contribution in [0.25, 0.3) is 0 Å². The number of ether oxygens (including phenoxy) is 1. The summed E-state index contributed by atoms with van der Waals surface area (Å²) in [7, 11) is 1.60. The van der Waals surface area contributed by atoms with Crippen LogP contribution in [0.1, 0.15) is 25.3 Å². The second kappa shape index (κ2) is 11.3. The molecule has 4 heterocycles. The van der Waals surface area contributed by atoms with Crippen molar-refractivity contribution in [1.82, 2.24) is 9.80 Å². The van der Waals surface area contributed by atoms with Crippen molar-refractivity contribution >= 4 is 35.2 Å². The monoisotopic (exact) mass is 587 g/mol. The molecule has 3 amide bonds. The molecule has 0 saturated carbocycles. The van der Waals surface area contributed by atoms with Crippen molar-refractivity contribution in [3.8, 4) is 5.75 Å². The third kappa shape index (κ3) is 4.63. The Hall–Kier alpha value is -3.56. The van der Waals surface area contributed by atoms with Crippen LogP contribution in [0.2, 0.25) is 0 Å². The Kier molecular flexibility index (Phi) is 7.66. The summed E-state index contributed by atoms with van der Waals surface area (Å²) in [6.45, 7) is 3.69. The predicted octanol–water partition coefficient (Wildman–Crippen LogP) is 3.66. The number of aliphatic hydroxyl groups is 1. The molecule has 0 bridgehead atoms. The Bertz CT molecular complexity index is 1410. The first-order chi connectivity index (χ1) is 20.3. The second-order valence-corrected chi connectivity index (χ2v) is 13.4. The standard InChI is InChI=1S/C33H37N3O5S/c1-32-16-8-18-34(22-23-10-4-3-5-11-23)29(38)26(32)27-30(39)36(19-6-7-21-37)28-31(40)35(20-9-17-33(27,28)42-32)24-12-14-25(41-2)15-13-24/h3-5,8-17,26-28,37H,6-7,18-22H2,1-2H3/t26-,27+,28?,32+,33+/m1/s1. The first kappa shape index (κ1) is 28.6. The van der Waals surface area contributed by atoms with Gasteiger partial charge in [0.1, 0.15) is 11.8 Å². The van der Waals surface area contributed by atoms with E-state index in [1.54, 1.807) is 28.7 Å². The first-order valence-electron chi connectivity index (χ1n) is 14.6. The van der Waals surface area contributed by atoms with E-state index in [-0.39, 0.29) is 24.3 Å². The molecule has 1 N–H and O–H groups in total. The van der Waals surface area contributed by atoms with Gasteiger partial charge in [-0.15, -0.1) is 11.8 Å². The smallest absolute Gasteiger partial charge is 0.251 e. The first-order valence-corrected chi connectivity index (χ1v) is 15.4. The number of rotatable bonds is 8. The number of carbonyl (C=O) groups is 3. The van der Waals surface area contributed by atoms with Crippen molar-refractivity contribution in [2.75, 3.05) is 38.3 Å². The largest absolute Gasteiger partial charge is 0.497 e. The zero-order valence-electron chi connectivity index (χ0n) is 24.0. The van der Waals surface area contributed by atoms with E-state index in [0.717, 1.165) is 11.3 Å². The van der Waals surface area contributed by atoms with E-state index in [2.05, 4.69) is 6.08 Å². The normalized spacial score (nSPS) is 30.2. The van der Waals surface area contributed by atoms with Gasteiger partial charge in [-0.1, -0.05) is 54.6 Å². The van der Waals surface area contributed by atoms with Gasteiger partial charge in [-0.25, -0.2) is 0 Å². The fraction of sp³-hybridized carbons (Fsp3) is 0.424. The number of fused-ring (bicyclic) bond motifs is 2. The van der Waals surface area contributed by atoms with Crippen LogP contribution in [0.15, 0.2) is 78.9 Å². The highest BCUT2D eigenvalue weighted by Crippen LogP contribution is 2.65. The summed E-state index contributed by atoms with van der Waals surface area (Å²) in [5, 5.41) is 9.47. The number of anilines is 1. The number of hydrogen-bond acceptors (Lipinski definition) is 6. The van der Waals surface area contributed by atoms with Gasteiger partial charge in [-0.05, 0) is 49.6 Å². The molecule has 0 radical (unpaired) electrons. The van der Waals surface area contributed by atoms with Crippen molar-refractivity contribution in [3.63, 3.8) is 0 Å². The molecule has 5 atom stereocenters. The molecule has 2 fully saturated rings. The summed E-state index contributed by atoms with van der Waals surface area (Å²) in [6.07, 6.45) is 9.25. The number of thioether (sulfide) groups is 1. The topological polar surface area (TPSA) is 90.4 Å². The summed E-state index contributed by atoms with van der Waals surface area (Å²) >= 11 is 1.59. The van der Waals surface area contributed by atoms with Gasteiger partial charge in [0, 0.05) is 43.2 Å².